The van der Waals surface area contributed by atoms with Gasteiger partial charge in [0.05, 0.1) is 27.8 Å². The summed E-state index contributed by atoms with van der Waals surface area (Å²) in [5, 5.41) is 2.65. The molecule has 3 fully saturated rings. The third kappa shape index (κ3) is 8.19. The maximum Gasteiger partial charge on any atom is 0.418 e. The van der Waals surface area contributed by atoms with Gasteiger partial charge in [0.1, 0.15) is 6.04 Å². The van der Waals surface area contributed by atoms with Crippen LogP contribution >= 0.6 is 0 Å². The van der Waals surface area contributed by atoms with Crippen LogP contribution in [0, 0.1) is 0 Å². The van der Waals surface area contributed by atoms with E-state index in [-0.39, 0.29) is 30.9 Å². The number of hydrogen-bond donors (Lipinski definition) is 3. The maximum atomic E-state index is 14.1. The fraction of sp³-hybridized carbons (Fsp3) is 0.571. The number of likely N-dealkylation sites (tertiary alicyclic amines) is 2. The summed E-state index contributed by atoms with van der Waals surface area (Å²) in [6, 6.07) is 6.17. The van der Waals surface area contributed by atoms with Gasteiger partial charge in [0, 0.05) is 57.8 Å². The van der Waals surface area contributed by atoms with Gasteiger partial charge in [0.2, 0.25) is 5.91 Å². The summed E-state index contributed by atoms with van der Waals surface area (Å²) in [5.41, 5.74) is 1.30. The van der Waals surface area contributed by atoms with Crippen molar-refractivity contribution in [1.29, 1.82) is 0 Å². The number of amides is 3. The van der Waals surface area contributed by atoms with E-state index < -0.39 is 59.1 Å². The number of para-hydroxylation sites is 2. The van der Waals surface area contributed by atoms with Crippen LogP contribution in [0.4, 0.5) is 36.8 Å². The summed E-state index contributed by atoms with van der Waals surface area (Å²) < 4.78 is 85.0. The van der Waals surface area contributed by atoms with Gasteiger partial charge in [-0.3, -0.25) is 14.3 Å². The molecule has 0 spiro atoms. The fourth-order valence-electron chi connectivity index (χ4n) is 7.84. The van der Waals surface area contributed by atoms with Crippen molar-refractivity contribution in [2.75, 3.05) is 65.1 Å². The number of anilines is 1. The summed E-state index contributed by atoms with van der Waals surface area (Å²) in [7, 11) is 2.07. The first-order valence-electron chi connectivity index (χ1n) is 17.6. The smallest absolute Gasteiger partial charge is 0.398 e. The van der Waals surface area contributed by atoms with E-state index in [4.69, 9.17) is 5.73 Å². The molecule has 0 aliphatic carbocycles. The first-order valence-corrected chi connectivity index (χ1v) is 17.6. The quantitative estimate of drug-likeness (QED) is 0.253. The topological polar surface area (TPSA) is 123 Å². The molecule has 1 aromatic heterocycles. The molecule has 3 aliphatic rings. The minimum atomic E-state index is -5.19. The number of nitrogens with one attached hydrogen (secondary N) is 2. The highest BCUT2D eigenvalue weighted by Gasteiger charge is 2.42. The molecular formula is C35H44F6N8O3. The molecule has 3 aliphatic heterocycles. The van der Waals surface area contributed by atoms with Gasteiger partial charge in [-0.15, -0.1) is 0 Å². The number of urea groups is 1. The van der Waals surface area contributed by atoms with Crippen molar-refractivity contribution in [3.8, 4) is 0 Å². The van der Waals surface area contributed by atoms with Crippen LogP contribution in [-0.4, -0.2) is 113 Å². The number of carbonyl (C=O) groups excluding carboxylic acids is 2. The summed E-state index contributed by atoms with van der Waals surface area (Å²) >= 11 is 0. The first-order chi connectivity index (χ1) is 24.6. The number of piperidine rings is 2. The monoisotopic (exact) mass is 738 g/mol. The van der Waals surface area contributed by atoms with E-state index in [9.17, 15) is 40.7 Å². The second-order valence-electron chi connectivity index (χ2n) is 14.1. The lowest BCUT2D eigenvalue weighted by Gasteiger charge is -2.39. The third-order valence-corrected chi connectivity index (χ3v) is 10.7. The Kier molecular flexibility index (Phi) is 10.8. The van der Waals surface area contributed by atoms with Crippen LogP contribution < -0.4 is 16.7 Å². The number of fused-ring (bicyclic) bond motifs is 1. The van der Waals surface area contributed by atoms with Gasteiger partial charge in [0.25, 0.3) is 0 Å². The number of aromatic amines is 1. The number of rotatable bonds is 6. The second kappa shape index (κ2) is 15.0. The summed E-state index contributed by atoms with van der Waals surface area (Å²) in [4.78, 5) is 51.0. The van der Waals surface area contributed by atoms with Crippen LogP contribution in [0.1, 0.15) is 54.8 Å². The fourth-order valence-corrected chi connectivity index (χ4v) is 7.84. The summed E-state index contributed by atoms with van der Waals surface area (Å²) in [5.74, 6) is -0.582. The molecule has 4 heterocycles. The minimum Gasteiger partial charge on any atom is -0.398 e. The number of carbonyl (C=O) groups is 2. The zero-order chi connectivity index (χ0) is 37.4. The molecule has 11 nitrogen and oxygen atoms in total. The highest BCUT2D eigenvalue weighted by Crippen LogP contribution is 2.42. The van der Waals surface area contributed by atoms with Gasteiger partial charge in [-0.25, -0.2) is 9.59 Å². The highest BCUT2D eigenvalue weighted by atomic mass is 19.4. The van der Waals surface area contributed by atoms with Crippen LogP contribution in [0.15, 0.2) is 41.2 Å². The molecular weight excluding hydrogens is 694 g/mol. The molecule has 1 atom stereocenters. The predicted molar refractivity (Wildman–Crippen MR) is 183 cm³/mol. The average molecular weight is 739 g/mol. The molecule has 0 radical (unpaired) electrons. The van der Waals surface area contributed by atoms with Crippen molar-refractivity contribution >= 4 is 28.7 Å². The normalized spacial score (nSPS) is 19.9. The highest BCUT2D eigenvalue weighted by molar-refractivity contribution is 5.87. The molecule has 0 unspecified atom stereocenters. The molecule has 52 heavy (non-hydrogen) atoms. The van der Waals surface area contributed by atoms with E-state index in [0.29, 0.717) is 56.4 Å². The van der Waals surface area contributed by atoms with Crippen LogP contribution in [0.25, 0.3) is 11.0 Å². The Labute approximate surface area is 296 Å². The van der Waals surface area contributed by atoms with E-state index in [1.54, 1.807) is 10.6 Å². The van der Waals surface area contributed by atoms with Crippen molar-refractivity contribution < 1.29 is 35.9 Å². The van der Waals surface area contributed by atoms with Crippen molar-refractivity contribution in [3.05, 3.63) is 63.6 Å². The van der Waals surface area contributed by atoms with Crippen molar-refractivity contribution in [2.24, 2.45) is 0 Å². The number of nitrogen functional groups attached to an aromatic ring is 1. The third-order valence-electron chi connectivity index (χ3n) is 10.7. The lowest BCUT2D eigenvalue weighted by Crippen LogP contribution is -2.56. The SMILES string of the molecule is CN1CCCN(C2CCN(C(=O)[C@@H](Cc3cc(C(F)(F)F)c(N)c(C(F)(F)F)c3)NC(=O)N3CCC(n4c(=O)[nH]c5ccccc54)CC3)CC2)CC1. The number of nitrogens with zero attached hydrogens (tertiary/aromatic N) is 5. The zero-order valence-corrected chi connectivity index (χ0v) is 28.9. The lowest BCUT2D eigenvalue weighted by atomic mass is 9.96. The minimum absolute atomic E-state index is 0.206. The molecule has 6 rings (SSSR count). The van der Waals surface area contributed by atoms with E-state index in [1.807, 2.05) is 18.2 Å². The Morgan fingerprint density at radius 2 is 1.44 bits per heavy atom. The lowest BCUT2D eigenvalue weighted by molar-refractivity contribution is -0.141. The number of likely N-dealkylation sites (N-methyl/N-ethyl adjacent to an activating group) is 1. The van der Waals surface area contributed by atoms with Gasteiger partial charge in [-0.05, 0) is 82.1 Å². The predicted octanol–water partition coefficient (Wildman–Crippen LogP) is 4.54. The molecule has 0 bridgehead atoms. The Hall–Kier alpha value is -4.25. The first kappa shape index (κ1) is 37.5. The molecule has 2 aromatic carbocycles. The summed E-state index contributed by atoms with van der Waals surface area (Å²) in [6.45, 7) is 4.80. The van der Waals surface area contributed by atoms with Crippen molar-refractivity contribution in [2.45, 2.75) is 69.0 Å². The Balaban J connectivity index is 1.20. The van der Waals surface area contributed by atoms with Crippen molar-refractivity contribution in [3.63, 3.8) is 0 Å². The van der Waals surface area contributed by atoms with Gasteiger partial charge in [-0.2, -0.15) is 26.3 Å². The van der Waals surface area contributed by atoms with E-state index in [1.165, 1.54) is 9.80 Å². The number of halogens is 6. The van der Waals surface area contributed by atoms with Gasteiger partial charge in [-0.1, -0.05) is 12.1 Å². The molecule has 3 aromatic rings. The van der Waals surface area contributed by atoms with Gasteiger partial charge >= 0.3 is 24.1 Å². The number of nitrogens with two attached hydrogens (primary N) is 1. The Morgan fingerprint density at radius 1 is 0.846 bits per heavy atom. The average Bonchev–Trinajstić information content (AvgIpc) is 3.28. The van der Waals surface area contributed by atoms with Gasteiger partial charge < -0.3 is 30.7 Å². The molecule has 17 heteroatoms. The molecule has 3 amide bonds. The van der Waals surface area contributed by atoms with Crippen LogP contribution in [0.3, 0.4) is 0 Å². The van der Waals surface area contributed by atoms with E-state index in [0.717, 1.165) is 38.1 Å². The Morgan fingerprint density at radius 3 is 2.08 bits per heavy atom. The van der Waals surface area contributed by atoms with E-state index in [2.05, 4.69) is 27.1 Å². The zero-order valence-electron chi connectivity index (χ0n) is 28.9. The largest absolute Gasteiger partial charge is 0.418 e. The second-order valence-corrected chi connectivity index (χ2v) is 14.1. The summed E-state index contributed by atoms with van der Waals surface area (Å²) in [6.07, 6.45) is -7.86. The standard InChI is InChI=1S/C35H44F6N8O3/c1-45-11-4-12-46(18-17-45)23-7-13-47(14-8-23)31(50)28(21-22-19-25(34(36,37)38)30(42)26(20-22)35(39,40)41)44-32(51)48-15-9-24(10-16-48)49-29-6-3-2-5-27(29)43-33(49)52/h2-3,5-6,19-20,23-24,28H,4,7-18,21,42H2,1H3,(H,43,52)(H,44,51)/t28-/m1/s1. The van der Waals surface area contributed by atoms with Gasteiger partial charge in [0.15, 0.2) is 0 Å². The number of aromatic nitrogens is 2. The molecule has 4 N–H and O–H groups in total. The number of benzene rings is 2. The number of alkyl halides is 6. The van der Waals surface area contributed by atoms with Crippen LogP contribution in [-0.2, 0) is 23.6 Å². The number of H-pyrrole nitrogens is 1. The van der Waals surface area contributed by atoms with Crippen LogP contribution in [0.2, 0.25) is 0 Å². The number of imidazole rings is 1. The molecule has 3 saturated heterocycles. The van der Waals surface area contributed by atoms with E-state index >= 15 is 0 Å². The molecule has 284 valence electrons. The van der Waals surface area contributed by atoms with Crippen molar-refractivity contribution in [1.82, 2.24) is 34.5 Å². The van der Waals surface area contributed by atoms with Crippen LogP contribution in [0.5, 0.6) is 0 Å². The number of hydrogen-bond acceptors (Lipinski definition) is 6. The maximum absolute atomic E-state index is 14.1. The Bertz CT molecular complexity index is 1770. The molecule has 0 saturated carbocycles.